The molecule has 2 saturated heterocycles. The van der Waals surface area contributed by atoms with Gasteiger partial charge < -0.3 is 4.90 Å². The molecule has 0 spiro atoms. The van der Waals surface area contributed by atoms with E-state index in [1.54, 1.807) is 12.1 Å². The molecule has 4 nitrogen and oxygen atoms in total. The third-order valence-corrected chi connectivity index (χ3v) is 6.28. The van der Waals surface area contributed by atoms with Gasteiger partial charge in [0.25, 0.3) is 0 Å². The normalized spacial score (nSPS) is 24.1. The van der Waals surface area contributed by atoms with Gasteiger partial charge in [-0.2, -0.15) is 0 Å². The molecule has 2 aliphatic rings. The lowest BCUT2D eigenvalue weighted by molar-refractivity contribution is 0.106. The van der Waals surface area contributed by atoms with Crippen molar-refractivity contribution < 1.29 is 8.42 Å². The van der Waals surface area contributed by atoms with Crippen molar-refractivity contribution in [2.24, 2.45) is 0 Å². The molecule has 0 amide bonds. The summed E-state index contributed by atoms with van der Waals surface area (Å²) in [5.41, 5.74) is 1.21. The second-order valence-electron chi connectivity index (χ2n) is 7.04. The highest BCUT2D eigenvalue weighted by Gasteiger charge is 2.25. The van der Waals surface area contributed by atoms with Crippen LogP contribution in [0.1, 0.15) is 37.7 Å². The van der Waals surface area contributed by atoms with E-state index in [0.29, 0.717) is 10.9 Å². The number of nitrogens with zero attached hydrogens (tertiary/aromatic N) is 2. The van der Waals surface area contributed by atoms with Gasteiger partial charge in [0.05, 0.1) is 4.90 Å². The minimum atomic E-state index is -3.10. The van der Waals surface area contributed by atoms with Gasteiger partial charge in [-0.05, 0) is 63.0 Å². The molecule has 2 aliphatic heterocycles. The van der Waals surface area contributed by atoms with E-state index >= 15 is 0 Å². The Labute approximate surface area is 140 Å². The number of hydrogen-bond acceptors (Lipinski definition) is 4. The Morgan fingerprint density at radius 3 is 2.30 bits per heavy atom. The van der Waals surface area contributed by atoms with Gasteiger partial charge in [0.1, 0.15) is 0 Å². The molecule has 1 unspecified atom stereocenters. The fourth-order valence-electron chi connectivity index (χ4n) is 3.81. The van der Waals surface area contributed by atoms with Gasteiger partial charge in [0.15, 0.2) is 9.84 Å². The summed E-state index contributed by atoms with van der Waals surface area (Å²) in [4.78, 5) is 5.61. The van der Waals surface area contributed by atoms with E-state index in [-0.39, 0.29) is 0 Å². The molecule has 1 aromatic rings. The van der Waals surface area contributed by atoms with Crippen molar-refractivity contribution in [2.75, 3.05) is 32.4 Å². The lowest BCUT2D eigenvalue weighted by Gasteiger charge is -2.38. The van der Waals surface area contributed by atoms with E-state index in [2.05, 4.69) is 9.80 Å². The van der Waals surface area contributed by atoms with Crippen LogP contribution in [0.25, 0.3) is 0 Å². The first-order valence-electron chi connectivity index (χ1n) is 8.78. The van der Waals surface area contributed by atoms with Crippen LogP contribution in [0.3, 0.4) is 0 Å². The zero-order valence-corrected chi connectivity index (χ0v) is 14.9. The molecular weight excluding hydrogens is 308 g/mol. The summed E-state index contributed by atoms with van der Waals surface area (Å²) >= 11 is 0. The molecule has 2 fully saturated rings. The van der Waals surface area contributed by atoms with Crippen molar-refractivity contribution in [1.29, 1.82) is 0 Å². The van der Waals surface area contributed by atoms with Crippen molar-refractivity contribution in [2.45, 2.75) is 49.6 Å². The van der Waals surface area contributed by atoms with Gasteiger partial charge >= 0.3 is 0 Å². The highest BCUT2D eigenvalue weighted by Crippen LogP contribution is 2.22. The zero-order valence-electron chi connectivity index (χ0n) is 14.1. The summed E-state index contributed by atoms with van der Waals surface area (Å²) in [6.45, 7) is 5.80. The largest absolute Gasteiger partial charge is 0.302 e. The molecule has 0 saturated carbocycles. The smallest absolute Gasteiger partial charge is 0.175 e. The minimum absolute atomic E-state index is 0.411. The molecule has 0 N–H and O–H groups in total. The summed E-state index contributed by atoms with van der Waals surface area (Å²) in [6.07, 6.45) is 7.86. The second-order valence-corrected chi connectivity index (χ2v) is 9.06. The van der Waals surface area contributed by atoms with Crippen molar-refractivity contribution in [3.05, 3.63) is 29.8 Å². The number of hydrogen-bond donors (Lipinski definition) is 0. The standard InChI is InChI=1S/C18H28N2O2S/c1-23(21,22)18-9-7-16(8-10-18)14-20-13-3-2-6-17(20)15-19-11-4-5-12-19/h7-10,17H,2-6,11-15H2,1H3. The van der Waals surface area contributed by atoms with Crippen LogP contribution in [-0.4, -0.2) is 56.7 Å². The van der Waals surface area contributed by atoms with E-state index in [9.17, 15) is 8.42 Å². The van der Waals surface area contributed by atoms with Crippen LogP contribution in [0.4, 0.5) is 0 Å². The molecule has 0 radical (unpaired) electrons. The van der Waals surface area contributed by atoms with Gasteiger partial charge in [0, 0.05) is 25.4 Å². The summed E-state index contributed by atoms with van der Waals surface area (Å²) in [6, 6.07) is 8.07. The zero-order chi connectivity index (χ0) is 16.3. The molecule has 128 valence electrons. The van der Waals surface area contributed by atoms with E-state index in [1.165, 1.54) is 63.6 Å². The third kappa shape index (κ3) is 4.55. The average molecular weight is 337 g/mol. The van der Waals surface area contributed by atoms with E-state index < -0.39 is 9.84 Å². The van der Waals surface area contributed by atoms with Crippen LogP contribution in [0, 0.1) is 0 Å². The van der Waals surface area contributed by atoms with Gasteiger partial charge in [-0.25, -0.2) is 8.42 Å². The predicted molar refractivity (Wildman–Crippen MR) is 93.3 cm³/mol. The van der Waals surface area contributed by atoms with Crippen molar-refractivity contribution in [3.63, 3.8) is 0 Å². The first-order chi connectivity index (χ1) is 11.0. The molecule has 0 bridgehead atoms. The predicted octanol–water partition coefficient (Wildman–Crippen LogP) is 2.54. The van der Waals surface area contributed by atoms with Gasteiger partial charge in [-0.1, -0.05) is 18.6 Å². The number of benzene rings is 1. The molecule has 0 aliphatic carbocycles. The van der Waals surface area contributed by atoms with Crippen LogP contribution in [0.5, 0.6) is 0 Å². The molecular formula is C18H28N2O2S. The van der Waals surface area contributed by atoms with Crippen molar-refractivity contribution >= 4 is 9.84 Å². The number of sulfone groups is 1. The number of likely N-dealkylation sites (tertiary alicyclic amines) is 2. The molecule has 5 heteroatoms. The van der Waals surface area contributed by atoms with Gasteiger partial charge in [-0.15, -0.1) is 0 Å². The van der Waals surface area contributed by atoms with E-state index in [1.807, 2.05) is 12.1 Å². The third-order valence-electron chi connectivity index (χ3n) is 5.15. The average Bonchev–Trinajstić information content (AvgIpc) is 3.02. The molecule has 0 aromatic heterocycles. The molecule has 2 heterocycles. The van der Waals surface area contributed by atoms with Crippen LogP contribution in [-0.2, 0) is 16.4 Å². The van der Waals surface area contributed by atoms with E-state index in [0.717, 1.165) is 13.1 Å². The summed E-state index contributed by atoms with van der Waals surface area (Å²) in [7, 11) is -3.10. The Morgan fingerprint density at radius 2 is 1.65 bits per heavy atom. The monoisotopic (exact) mass is 336 g/mol. The maximum atomic E-state index is 11.6. The molecule has 1 aromatic carbocycles. The highest BCUT2D eigenvalue weighted by molar-refractivity contribution is 7.90. The summed E-state index contributed by atoms with van der Waals surface area (Å²) in [5.74, 6) is 0. The first-order valence-corrected chi connectivity index (χ1v) is 10.7. The maximum absolute atomic E-state index is 11.6. The molecule has 1 atom stereocenters. The summed E-state index contributed by atoms with van der Waals surface area (Å²) in [5, 5.41) is 0. The van der Waals surface area contributed by atoms with Crippen LogP contribution >= 0.6 is 0 Å². The second kappa shape index (κ2) is 7.32. The van der Waals surface area contributed by atoms with E-state index in [4.69, 9.17) is 0 Å². The van der Waals surface area contributed by atoms with Gasteiger partial charge in [-0.3, -0.25) is 4.90 Å². The van der Waals surface area contributed by atoms with Crippen LogP contribution in [0.15, 0.2) is 29.2 Å². The maximum Gasteiger partial charge on any atom is 0.175 e. The first kappa shape index (κ1) is 16.9. The fraction of sp³-hybridized carbons (Fsp3) is 0.667. The topological polar surface area (TPSA) is 40.6 Å². The number of rotatable bonds is 5. The Morgan fingerprint density at radius 1 is 1.00 bits per heavy atom. The van der Waals surface area contributed by atoms with Gasteiger partial charge in [0.2, 0.25) is 0 Å². The van der Waals surface area contributed by atoms with Crippen molar-refractivity contribution in [1.82, 2.24) is 9.80 Å². The number of piperidine rings is 1. The fourth-order valence-corrected chi connectivity index (χ4v) is 4.45. The Kier molecular flexibility index (Phi) is 5.39. The molecule has 3 rings (SSSR count). The molecule has 23 heavy (non-hydrogen) atoms. The van der Waals surface area contributed by atoms with Crippen LogP contribution < -0.4 is 0 Å². The highest BCUT2D eigenvalue weighted by atomic mass is 32.2. The lowest BCUT2D eigenvalue weighted by Crippen LogP contribution is -2.45. The summed E-state index contributed by atoms with van der Waals surface area (Å²) < 4.78 is 23.1. The Bertz CT molecular complexity index is 606. The Balaban J connectivity index is 1.64. The van der Waals surface area contributed by atoms with Crippen molar-refractivity contribution in [3.8, 4) is 0 Å². The SMILES string of the molecule is CS(=O)(=O)c1ccc(CN2CCCCC2CN2CCCC2)cc1. The lowest BCUT2D eigenvalue weighted by atomic mass is 10.0. The van der Waals surface area contributed by atoms with Crippen LogP contribution in [0.2, 0.25) is 0 Å². The Hall–Kier alpha value is -0.910. The quantitative estimate of drug-likeness (QED) is 0.828. The minimum Gasteiger partial charge on any atom is -0.302 e.